The van der Waals surface area contributed by atoms with Gasteiger partial charge in [-0.2, -0.15) is 13.2 Å². The second-order valence-corrected chi connectivity index (χ2v) is 6.44. The number of benzene rings is 3. The van der Waals surface area contributed by atoms with Gasteiger partial charge in [0.2, 0.25) is 0 Å². The summed E-state index contributed by atoms with van der Waals surface area (Å²) in [5.74, 6) is -1.98. The number of halogens is 3. The van der Waals surface area contributed by atoms with Crippen LogP contribution in [0.3, 0.4) is 0 Å². The highest BCUT2D eigenvalue weighted by Gasteiger charge is 2.30. The van der Waals surface area contributed by atoms with Crippen molar-refractivity contribution in [1.29, 1.82) is 0 Å². The Kier molecular flexibility index (Phi) is 6.49. The Balaban J connectivity index is 1.63. The van der Waals surface area contributed by atoms with Gasteiger partial charge in [0.15, 0.2) is 12.4 Å². The third-order valence-corrected chi connectivity index (χ3v) is 4.26. The fraction of sp³-hybridized carbons (Fsp3) is 0.0870. The number of esters is 1. The van der Waals surface area contributed by atoms with Crippen LogP contribution in [0.2, 0.25) is 0 Å². The summed E-state index contributed by atoms with van der Waals surface area (Å²) in [6.45, 7) is -0.673. The van der Waals surface area contributed by atoms with Crippen molar-refractivity contribution in [2.45, 2.75) is 6.18 Å². The number of rotatable bonds is 6. The Bertz CT molecular complexity index is 1090. The largest absolute Gasteiger partial charge is 0.452 e. The summed E-state index contributed by atoms with van der Waals surface area (Å²) in [6.07, 6.45) is -4.48. The summed E-state index contributed by atoms with van der Waals surface area (Å²) >= 11 is 0. The Labute approximate surface area is 175 Å². The molecule has 3 rings (SSSR count). The van der Waals surface area contributed by atoms with Crippen LogP contribution in [0.15, 0.2) is 78.9 Å². The normalized spacial score (nSPS) is 10.9. The molecule has 0 fully saturated rings. The van der Waals surface area contributed by atoms with Gasteiger partial charge in [0.1, 0.15) is 0 Å². The number of hydrogen-bond donors (Lipinski definition) is 1. The first-order valence-corrected chi connectivity index (χ1v) is 9.09. The summed E-state index contributed by atoms with van der Waals surface area (Å²) in [6, 6.07) is 18.3. The first kappa shape index (κ1) is 21.8. The Morgan fingerprint density at radius 2 is 1.35 bits per heavy atom. The number of alkyl halides is 3. The van der Waals surface area contributed by atoms with Crippen LogP contribution in [0.4, 0.5) is 18.9 Å². The molecule has 31 heavy (non-hydrogen) atoms. The van der Waals surface area contributed by atoms with Crippen molar-refractivity contribution in [3.8, 4) is 0 Å². The third kappa shape index (κ3) is 5.57. The van der Waals surface area contributed by atoms with Crippen LogP contribution in [0.1, 0.15) is 31.8 Å². The van der Waals surface area contributed by atoms with E-state index in [0.717, 1.165) is 24.3 Å². The predicted octanol–water partition coefficient (Wildman–Crippen LogP) is 4.73. The lowest BCUT2D eigenvalue weighted by Crippen LogP contribution is -2.22. The molecule has 0 saturated carbocycles. The van der Waals surface area contributed by atoms with Gasteiger partial charge < -0.3 is 10.1 Å². The Morgan fingerprint density at radius 1 is 0.774 bits per heavy atom. The maximum atomic E-state index is 12.7. The summed E-state index contributed by atoms with van der Waals surface area (Å²) in [5.41, 5.74) is -0.214. The molecule has 0 heterocycles. The lowest BCUT2D eigenvalue weighted by molar-refractivity contribution is -0.137. The first-order chi connectivity index (χ1) is 14.8. The van der Waals surface area contributed by atoms with Crippen LogP contribution < -0.4 is 5.32 Å². The van der Waals surface area contributed by atoms with E-state index < -0.39 is 30.2 Å². The topological polar surface area (TPSA) is 72.5 Å². The Morgan fingerprint density at radius 3 is 1.97 bits per heavy atom. The molecule has 0 aliphatic heterocycles. The van der Waals surface area contributed by atoms with Crippen molar-refractivity contribution < 1.29 is 32.3 Å². The van der Waals surface area contributed by atoms with Gasteiger partial charge in [-0.25, -0.2) is 4.79 Å². The molecule has 1 N–H and O–H groups in total. The first-order valence-electron chi connectivity index (χ1n) is 9.09. The molecule has 0 atom stereocenters. The van der Waals surface area contributed by atoms with Crippen LogP contribution in [0, 0.1) is 0 Å². The maximum absolute atomic E-state index is 12.7. The molecule has 158 valence electrons. The standard InChI is InChI=1S/C23H16F3NO4/c24-23(25,26)16-10-12-17(13-11-16)27-20(28)14-31-22(30)19-9-5-4-8-18(19)21(29)15-6-2-1-3-7-15/h1-13H,14H2,(H,27,28). The minimum atomic E-state index is -4.48. The molecule has 8 heteroatoms. The van der Waals surface area contributed by atoms with Gasteiger partial charge in [-0.3, -0.25) is 9.59 Å². The van der Waals surface area contributed by atoms with Crippen molar-refractivity contribution >= 4 is 23.3 Å². The average Bonchev–Trinajstić information content (AvgIpc) is 2.77. The quantitative estimate of drug-likeness (QED) is 0.456. The highest BCUT2D eigenvalue weighted by Crippen LogP contribution is 2.29. The van der Waals surface area contributed by atoms with Gasteiger partial charge in [0.25, 0.3) is 5.91 Å². The van der Waals surface area contributed by atoms with Gasteiger partial charge in [-0.1, -0.05) is 48.5 Å². The van der Waals surface area contributed by atoms with Crippen LogP contribution in [0.5, 0.6) is 0 Å². The number of amides is 1. The number of anilines is 1. The van der Waals surface area contributed by atoms with E-state index in [4.69, 9.17) is 4.74 Å². The molecule has 0 bridgehead atoms. The predicted molar refractivity (Wildman–Crippen MR) is 107 cm³/mol. The van der Waals surface area contributed by atoms with Crippen molar-refractivity contribution in [2.24, 2.45) is 0 Å². The fourth-order valence-electron chi connectivity index (χ4n) is 2.75. The number of ketones is 1. The van der Waals surface area contributed by atoms with E-state index in [2.05, 4.69) is 5.32 Å². The number of ether oxygens (including phenoxy) is 1. The zero-order valence-corrected chi connectivity index (χ0v) is 16.0. The van der Waals surface area contributed by atoms with Gasteiger partial charge in [0, 0.05) is 16.8 Å². The number of carbonyl (C=O) groups is 3. The molecule has 0 aromatic heterocycles. The molecule has 1 amide bonds. The van der Waals surface area contributed by atoms with E-state index in [9.17, 15) is 27.6 Å². The molecule has 3 aromatic carbocycles. The van der Waals surface area contributed by atoms with Gasteiger partial charge >= 0.3 is 12.1 Å². The van der Waals surface area contributed by atoms with E-state index in [0.29, 0.717) is 5.56 Å². The van der Waals surface area contributed by atoms with Crippen molar-refractivity contribution in [3.63, 3.8) is 0 Å². The lowest BCUT2D eigenvalue weighted by atomic mass is 9.98. The van der Waals surface area contributed by atoms with Gasteiger partial charge in [-0.15, -0.1) is 0 Å². The zero-order chi connectivity index (χ0) is 22.4. The second-order valence-electron chi connectivity index (χ2n) is 6.44. The SMILES string of the molecule is O=C(COC(=O)c1ccccc1C(=O)c1ccccc1)Nc1ccc(C(F)(F)F)cc1. The van der Waals surface area contributed by atoms with Crippen LogP contribution >= 0.6 is 0 Å². The average molecular weight is 427 g/mol. The Hall–Kier alpha value is -3.94. The molecular formula is C23H16F3NO4. The summed E-state index contributed by atoms with van der Waals surface area (Å²) in [7, 11) is 0. The molecule has 3 aromatic rings. The fourth-order valence-corrected chi connectivity index (χ4v) is 2.75. The minimum Gasteiger partial charge on any atom is -0.452 e. The number of nitrogens with one attached hydrogen (secondary N) is 1. The maximum Gasteiger partial charge on any atom is 0.416 e. The number of carbonyl (C=O) groups excluding carboxylic acids is 3. The monoisotopic (exact) mass is 427 g/mol. The molecular weight excluding hydrogens is 411 g/mol. The zero-order valence-electron chi connectivity index (χ0n) is 16.0. The minimum absolute atomic E-state index is 0.00122. The molecule has 0 spiro atoms. The van der Waals surface area contributed by atoms with Crippen LogP contribution in [-0.2, 0) is 15.7 Å². The van der Waals surface area contributed by atoms with Gasteiger partial charge in [-0.05, 0) is 30.3 Å². The van der Waals surface area contributed by atoms with Crippen LogP contribution in [0.25, 0.3) is 0 Å². The molecule has 0 aliphatic rings. The van der Waals surface area contributed by atoms with E-state index in [-0.39, 0.29) is 22.6 Å². The van der Waals surface area contributed by atoms with E-state index in [1.165, 1.54) is 12.1 Å². The highest BCUT2D eigenvalue weighted by atomic mass is 19.4. The lowest BCUT2D eigenvalue weighted by Gasteiger charge is -2.10. The highest BCUT2D eigenvalue weighted by molar-refractivity contribution is 6.14. The van der Waals surface area contributed by atoms with E-state index in [1.807, 2.05) is 0 Å². The molecule has 0 saturated heterocycles. The smallest absolute Gasteiger partial charge is 0.416 e. The van der Waals surface area contributed by atoms with Crippen molar-refractivity contribution in [1.82, 2.24) is 0 Å². The molecule has 0 unspecified atom stereocenters. The second kappa shape index (κ2) is 9.25. The van der Waals surface area contributed by atoms with Crippen molar-refractivity contribution in [2.75, 3.05) is 11.9 Å². The number of hydrogen-bond acceptors (Lipinski definition) is 4. The summed E-state index contributed by atoms with van der Waals surface area (Å²) in [4.78, 5) is 37.1. The van der Waals surface area contributed by atoms with Crippen molar-refractivity contribution in [3.05, 3.63) is 101 Å². The van der Waals surface area contributed by atoms with Gasteiger partial charge in [0.05, 0.1) is 11.1 Å². The third-order valence-electron chi connectivity index (χ3n) is 4.26. The van der Waals surface area contributed by atoms with Crippen LogP contribution in [-0.4, -0.2) is 24.3 Å². The molecule has 5 nitrogen and oxygen atoms in total. The summed E-state index contributed by atoms with van der Waals surface area (Å²) in [5, 5.41) is 2.34. The molecule has 0 aliphatic carbocycles. The van der Waals surface area contributed by atoms with E-state index >= 15 is 0 Å². The summed E-state index contributed by atoms with van der Waals surface area (Å²) < 4.78 is 42.7. The van der Waals surface area contributed by atoms with E-state index in [1.54, 1.807) is 42.5 Å². The molecule has 0 radical (unpaired) electrons.